The van der Waals surface area contributed by atoms with Crippen LogP contribution in [0.15, 0.2) is 18.3 Å². The second kappa shape index (κ2) is 11.1. The minimum atomic E-state index is -0.538. The van der Waals surface area contributed by atoms with Gasteiger partial charge in [0.1, 0.15) is 11.9 Å². The van der Waals surface area contributed by atoms with Gasteiger partial charge in [0.2, 0.25) is 11.8 Å². The SMILES string of the molecule is CNC(C)C(=O)NC(C(=O)N1CCCC1Cn1cc(C(C)=O)c2cc(C)c(F)cc21)C1CCCCC1. The van der Waals surface area contributed by atoms with E-state index in [1.165, 1.54) is 19.4 Å². The molecular weight excluding hydrogens is 459 g/mol. The number of Topliss-reactive ketones (excluding diaryl/α,β-unsaturated/α-hetero) is 1. The van der Waals surface area contributed by atoms with Gasteiger partial charge in [-0.25, -0.2) is 4.39 Å². The predicted octanol–water partition coefficient (Wildman–Crippen LogP) is 3.96. The lowest BCUT2D eigenvalue weighted by molar-refractivity contribution is -0.139. The standard InChI is InChI=1S/C28H39FN4O3/c1-17-13-22-23(19(3)34)16-32(25(22)14-24(17)29)15-21-11-8-12-33(21)28(36)26(20-9-6-5-7-10-20)31-27(35)18(2)30-4/h13-14,16,18,20-21,26,30H,5-12,15H2,1-4H3,(H,31,35). The Balaban J connectivity index is 1.60. The highest BCUT2D eigenvalue weighted by molar-refractivity contribution is 6.07. The van der Waals surface area contributed by atoms with E-state index in [2.05, 4.69) is 10.6 Å². The molecule has 0 bridgehead atoms. The number of amides is 2. The fourth-order valence-electron chi connectivity index (χ4n) is 5.83. The van der Waals surface area contributed by atoms with Crippen LogP contribution in [-0.2, 0) is 16.1 Å². The number of hydrogen-bond donors (Lipinski definition) is 2. The molecule has 2 amide bonds. The molecule has 8 heteroatoms. The molecule has 4 rings (SSSR count). The van der Waals surface area contributed by atoms with Gasteiger partial charge in [0.15, 0.2) is 5.78 Å². The maximum absolute atomic E-state index is 14.5. The minimum Gasteiger partial charge on any atom is -0.345 e. The largest absolute Gasteiger partial charge is 0.345 e. The average molecular weight is 499 g/mol. The fraction of sp³-hybridized carbons (Fsp3) is 0.607. The van der Waals surface area contributed by atoms with Gasteiger partial charge in [0.25, 0.3) is 0 Å². The molecule has 7 nitrogen and oxygen atoms in total. The topological polar surface area (TPSA) is 83.4 Å². The number of ketones is 1. The summed E-state index contributed by atoms with van der Waals surface area (Å²) in [5.74, 6) is -0.427. The Kier molecular flexibility index (Phi) is 8.13. The fourth-order valence-corrected chi connectivity index (χ4v) is 5.83. The van der Waals surface area contributed by atoms with Crippen molar-refractivity contribution in [2.24, 2.45) is 5.92 Å². The molecule has 2 aromatic rings. The lowest BCUT2D eigenvalue weighted by Crippen LogP contribution is -2.56. The van der Waals surface area contributed by atoms with Crippen LogP contribution in [0.5, 0.6) is 0 Å². The van der Waals surface area contributed by atoms with Gasteiger partial charge in [-0.05, 0) is 77.1 Å². The van der Waals surface area contributed by atoms with Crippen molar-refractivity contribution in [3.05, 3.63) is 35.3 Å². The predicted molar refractivity (Wildman–Crippen MR) is 138 cm³/mol. The highest BCUT2D eigenvalue weighted by Gasteiger charge is 2.38. The molecule has 1 aliphatic heterocycles. The van der Waals surface area contributed by atoms with Gasteiger partial charge in [0, 0.05) is 36.3 Å². The Morgan fingerprint density at radius 1 is 1.11 bits per heavy atom. The number of aryl methyl sites for hydroxylation is 1. The maximum Gasteiger partial charge on any atom is 0.245 e. The van der Waals surface area contributed by atoms with Crippen molar-refractivity contribution in [3.8, 4) is 0 Å². The molecule has 2 aliphatic rings. The van der Waals surface area contributed by atoms with E-state index in [-0.39, 0.29) is 41.4 Å². The Labute approximate surface area is 212 Å². The summed E-state index contributed by atoms with van der Waals surface area (Å²) in [5, 5.41) is 6.77. The van der Waals surface area contributed by atoms with Crippen molar-refractivity contribution in [1.29, 1.82) is 0 Å². The first kappa shape index (κ1) is 26.3. The summed E-state index contributed by atoms with van der Waals surface area (Å²) < 4.78 is 16.4. The summed E-state index contributed by atoms with van der Waals surface area (Å²) >= 11 is 0. The van der Waals surface area contributed by atoms with Crippen LogP contribution in [0.1, 0.15) is 74.7 Å². The number of likely N-dealkylation sites (tertiary alicyclic amines) is 1. The number of aromatic nitrogens is 1. The van der Waals surface area contributed by atoms with Crippen LogP contribution < -0.4 is 10.6 Å². The molecule has 1 aliphatic carbocycles. The van der Waals surface area contributed by atoms with Crippen LogP contribution in [0.3, 0.4) is 0 Å². The molecule has 36 heavy (non-hydrogen) atoms. The quantitative estimate of drug-likeness (QED) is 0.540. The van der Waals surface area contributed by atoms with Gasteiger partial charge in [-0.15, -0.1) is 0 Å². The maximum atomic E-state index is 14.5. The summed E-state index contributed by atoms with van der Waals surface area (Å²) in [6.07, 6.45) is 8.68. The smallest absolute Gasteiger partial charge is 0.245 e. The third-order valence-corrected chi connectivity index (χ3v) is 8.12. The third kappa shape index (κ3) is 5.33. The van der Waals surface area contributed by atoms with E-state index in [4.69, 9.17) is 0 Å². The number of carbonyl (C=O) groups is 3. The molecule has 3 unspecified atom stereocenters. The molecule has 1 saturated heterocycles. The van der Waals surface area contributed by atoms with Gasteiger partial charge in [0.05, 0.1) is 11.6 Å². The van der Waals surface area contributed by atoms with Crippen molar-refractivity contribution in [3.63, 3.8) is 0 Å². The van der Waals surface area contributed by atoms with Crippen LogP contribution >= 0.6 is 0 Å². The third-order valence-electron chi connectivity index (χ3n) is 8.12. The van der Waals surface area contributed by atoms with Gasteiger partial charge in [-0.3, -0.25) is 14.4 Å². The lowest BCUT2D eigenvalue weighted by Gasteiger charge is -2.35. The van der Waals surface area contributed by atoms with E-state index in [9.17, 15) is 18.8 Å². The Bertz CT molecular complexity index is 1140. The number of nitrogens with one attached hydrogen (secondary N) is 2. The molecule has 1 saturated carbocycles. The molecule has 0 radical (unpaired) electrons. The van der Waals surface area contributed by atoms with Crippen LogP contribution in [0.25, 0.3) is 10.9 Å². The summed E-state index contributed by atoms with van der Waals surface area (Å²) in [5.41, 5.74) is 1.74. The summed E-state index contributed by atoms with van der Waals surface area (Å²) in [6.45, 7) is 6.13. The van der Waals surface area contributed by atoms with Crippen LogP contribution in [-0.4, -0.2) is 58.8 Å². The summed E-state index contributed by atoms with van der Waals surface area (Å²) in [7, 11) is 1.74. The van der Waals surface area contributed by atoms with E-state index in [1.807, 2.05) is 9.47 Å². The Morgan fingerprint density at radius 3 is 2.50 bits per heavy atom. The number of nitrogens with zero attached hydrogens (tertiary/aromatic N) is 2. The highest BCUT2D eigenvalue weighted by atomic mass is 19.1. The van der Waals surface area contributed by atoms with E-state index in [1.54, 1.807) is 33.2 Å². The normalized spacial score (nSPS) is 20.5. The molecule has 1 aromatic carbocycles. The number of rotatable bonds is 8. The lowest BCUT2D eigenvalue weighted by atomic mass is 9.83. The number of likely N-dealkylation sites (N-methyl/N-ethyl adjacent to an activating group) is 1. The van der Waals surface area contributed by atoms with Crippen LogP contribution in [0.2, 0.25) is 0 Å². The average Bonchev–Trinajstić information content (AvgIpc) is 3.47. The molecule has 3 atom stereocenters. The van der Waals surface area contributed by atoms with Gasteiger partial charge in [-0.1, -0.05) is 19.3 Å². The molecule has 0 spiro atoms. The minimum absolute atomic E-state index is 0.0219. The first-order valence-electron chi connectivity index (χ1n) is 13.3. The molecule has 196 valence electrons. The van der Waals surface area contributed by atoms with Crippen molar-refractivity contribution in [1.82, 2.24) is 20.1 Å². The van der Waals surface area contributed by atoms with E-state index in [0.29, 0.717) is 29.7 Å². The van der Waals surface area contributed by atoms with E-state index < -0.39 is 6.04 Å². The molecule has 2 N–H and O–H groups in total. The second-order valence-corrected chi connectivity index (χ2v) is 10.6. The van der Waals surface area contributed by atoms with Gasteiger partial charge >= 0.3 is 0 Å². The number of halogens is 1. The number of benzene rings is 1. The molecule has 2 fully saturated rings. The van der Waals surface area contributed by atoms with Gasteiger partial charge < -0.3 is 20.1 Å². The van der Waals surface area contributed by atoms with Crippen molar-refractivity contribution < 1.29 is 18.8 Å². The number of fused-ring (bicyclic) bond motifs is 1. The number of carbonyl (C=O) groups excluding carboxylic acids is 3. The van der Waals surface area contributed by atoms with Crippen molar-refractivity contribution >= 4 is 28.5 Å². The molecule has 1 aromatic heterocycles. The zero-order valence-electron chi connectivity index (χ0n) is 21.9. The van der Waals surface area contributed by atoms with E-state index in [0.717, 1.165) is 43.9 Å². The number of hydrogen-bond acceptors (Lipinski definition) is 4. The highest BCUT2D eigenvalue weighted by Crippen LogP contribution is 2.31. The summed E-state index contributed by atoms with van der Waals surface area (Å²) in [4.78, 5) is 40.9. The zero-order valence-corrected chi connectivity index (χ0v) is 21.9. The van der Waals surface area contributed by atoms with Crippen LogP contribution in [0, 0.1) is 18.7 Å². The molecule has 2 heterocycles. The first-order valence-corrected chi connectivity index (χ1v) is 13.3. The van der Waals surface area contributed by atoms with Crippen molar-refractivity contribution in [2.45, 2.75) is 90.4 Å². The zero-order chi connectivity index (χ0) is 26.0. The first-order chi connectivity index (χ1) is 17.2. The monoisotopic (exact) mass is 498 g/mol. The van der Waals surface area contributed by atoms with Gasteiger partial charge in [-0.2, -0.15) is 0 Å². The van der Waals surface area contributed by atoms with Crippen molar-refractivity contribution in [2.75, 3.05) is 13.6 Å². The summed E-state index contributed by atoms with van der Waals surface area (Å²) in [6, 6.07) is 2.22. The van der Waals surface area contributed by atoms with Crippen LogP contribution in [0.4, 0.5) is 4.39 Å². The Morgan fingerprint density at radius 2 is 1.83 bits per heavy atom. The molecular formula is C28H39FN4O3. The Hall–Kier alpha value is -2.74. The van der Waals surface area contributed by atoms with E-state index >= 15 is 0 Å². The second-order valence-electron chi connectivity index (χ2n) is 10.6.